The standard InChI is InChI=1S/C30H34ClNO6/c1-35-29(33)5-3-4-18-32(21-23-6-10-25(11-7-23)30(34)36-2)19-20-37-22-24-8-14-27(15-9-24)38-28-16-12-26(31)13-17-28/h6-17H,3-5,18-22H2,1-2H3. The molecule has 3 rings (SSSR count). The molecule has 0 radical (unpaired) electrons. The first-order valence-electron chi connectivity index (χ1n) is 12.5. The summed E-state index contributed by atoms with van der Waals surface area (Å²) in [6.45, 7) is 3.30. The monoisotopic (exact) mass is 539 g/mol. The molecule has 0 unspecified atom stereocenters. The van der Waals surface area contributed by atoms with Gasteiger partial charge < -0.3 is 18.9 Å². The first-order chi connectivity index (χ1) is 18.5. The molecule has 0 amide bonds. The number of hydrogen-bond acceptors (Lipinski definition) is 7. The summed E-state index contributed by atoms with van der Waals surface area (Å²) in [6.07, 6.45) is 2.03. The Morgan fingerprint density at radius 2 is 1.39 bits per heavy atom. The van der Waals surface area contributed by atoms with Gasteiger partial charge in [-0.3, -0.25) is 9.69 Å². The van der Waals surface area contributed by atoms with Crippen LogP contribution in [0.25, 0.3) is 0 Å². The molecule has 0 aliphatic rings. The molecule has 0 bridgehead atoms. The third kappa shape index (κ3) is 10.2. The molecule has 38 heavy (non-hydrogen) atoms. The second-order valence-electron chi connectivity index (χ2n) is 8.75. The molecule has 0 heterocycles. The lowest BCUT2D eigenvalue weighted by Crippen LogP contribution is -2.28. The van der Waals surface area contributed by atoms with E-state index in [9.17, 15) is 9.59 Å². The van der Waals surface area contributed by atoms with Gasteiger partial charge in [0.15, 0.2) is 0 Å². The number of ether oxygens (including phenoxy) is 4. The Kier molecular flexibility index (Phi) is 12.1. The molecule has 0 atom stereocenters. The minimum atomic E-state index is -0.353. The van der Waals surface area contributed by atoms with Crippen LogP contribution in [0, 0.1) is 0 Å². The quantitative estimate of drug-likeness (QED) is 0.166. The maximum atomic E-state index is 11.7. The topological polar surface area (TPSA) is 74.3 Å². The summed E-state index contributed by atoms with van der Waals surface area (Å²) in [6, 6.07) is 22.4. The van der Waals surface area contributed by atoms with E-state index in [1.165, 1.54) is 14.2 Å². The zero-order chi connectivity index (χ0) is 27.2. The Morgan fingerprint density at radius 3 is 2.03 bits per heavy atom. The first-order valence-corrected chi connectivity index (χ1v) is 12.9. The van der Waals surface area contributed by atoms with Crippen molar-refractivity contribution in [1.29, 1.82) is 0 Å². The summed E-state index contributed by atoms with van der Waals surface area (Å²) in [5.74, 6) is 0.925. The Bertz CT molecular complexity index is 1130. The number of halogens is 1. The van der Waals surface area contributed by atoms with Crippen molar-refractivity contribution in [3.05, 3.63) is 94.5 Å². The number of carbonyl (C=O) groups is 2. The SMILES string of the molecule is COC(=O)CCCCN(CCOCc1ccc(Oc2ccc(Cl)cc2)cc1)Cc1ccc(C(=O)OC)cc1. The summed E-state index contributed by atoms with van der Waals surface area (Å²) < 4.78 is 21.3. The smallest absolute Gasteiger partial charge is 0.337 e. The number of esters is 2. The molecular weight excluding hydrogens is 506 g/mol. The van der Waals surface area contributed by atoms with E-state index in [2.05, 4.69) is 4.90 Å². The molecule has 3 aromatic rings. The Morgan fingerprint density at radius 1 is 0.763 bits per heavy atom. The van der Waals surface area contributed by atoms with Crippen LogP contribution in [0.1, 0.15) is 40.7 Å². The van der Waals surface area contributed by atoms with E-state index in [4.69, 9.17) is 30.5 Å². The highest BCUT2D eigenvalue weighted by Crippen LogP contribution is 2.23. The van der Waals surface area contributed by atoms with Crippen LogP contribution in [0.5, 0.6) is 11.5 Å². The molecule has 3 aromatic carbocycles. The van der Waals surface area contributed by atoms with Crippen molar-refractivity contribution >= 4 is 23.5 Å². The fraction of sp³-hybridized carbons (Fsp3) is 0.333. The molecule has 0 saturated heterocycles. The van der Waals surface area contributed by atoms with E-state index in [0.29, 0.717) is 36.8 Å². The number of hydrogen-bond donors (Lipinski definition) is 0. The number of carbonyl (C=O) groups excluding carboxylic acids is 2. The molecule has 0 saturated carbocycles. The van der Waals surface area contributed by atoms with Crippen molar-refractivity contribution in [2.45, 2.75) is 32.4 Å². The molecule has 0 fully saturated rings. The van der Waals surface area contributed by atoms with E-state index in [1.807, 2.05) is 48.5 Å². The van der Waals surface area contributed by atoms with Crippen LogP contribution in [0.15, 0.2) is 72.8 Å². The number of rotatable bonds is 15. The van der Waals surface area contributed by atoms with Crippen LogP contribution in [0.4, 0.5) is 0 Å². The zero-order valence-corrected chi connectivity index (χ0v) is 22.6. The van der Waals surface area contributed by atoms with E-state index in [1.54, 1.807) is 24.3 Å². The summed E-state index contributed by atoms with van der Waals surface area (Å²) in [5, 5.41) is 0.668. The maximum Gasteiger partial charge on any atom is 0.337 e. The minimum Gasteiger partial charge on any atom is -0.469 e. The number of nitrogens with zero attached hydrogens (tertiary/aromatic N) is 1. The highest BCUT2D eigenvalue weighted by molar-refractivity contribution is 6.30. The summed E-state index contributed by atoms with van der Waals surface area (Å²) in [7, 11) is 2.78. The largest absolute Gasteiger partial charge is 0.469 e. The number of benzene rings is 3. The van der Waals surface area contributed by atoms with E-state index >= 15 is 0 Å². The highest BCUT2D eigenvalue weighted by atomic mass is 35.5. The molecule has 0 aliphatic carbocycles. The molecular formula is C30H34ClNO6. The Labute approximate surface area is 229 Å². The Hall–Kier alpha value is -3.39. The lowest BCUT2D eigenvalue weighted by Gasteiger charge is -2.22. The predicted octanol–water partition coefficient (Wildman–Crippen LogP) is 6.28. The van der Waals surface area contributed by atoms with E-state index in [-0.39, 0.29) is 11.9 Å². The minimum absolute atomic E-state index is 0.192. The average Bonchev–Trinajstić information content (AvgIpc) is 2.95. The van der Waals surface area contributed by atoms with Crippen molar-refractivity contribution in [2.75, 3.05) is 33.9 Å². The fourth-order valence-corrected chi connectivity index (χ4v) is 3.90. The van der Waals surface area contributed by atoms with Crippen LogP contribution in [-0.4, -0.2) is 50.8 Å². The Balaban J connectivity index is 1.47. The molecule has 202 valence electrons. The normalized spacial score (nSPS) is 10.8. The van der Waals surface area contributed by atoms with Crippen LogP contribution < -0.4 is 4.74 Å². The predicted molar refractivity (Wildman–Crippen MR) is 147 cm³/mol. The van der Waals surface area contributed by atoms with Gasteiger partial charge in [0.2, 0.25) is 0 Å². The molecule has 0 spiro atoms. The average molecular weight is 540 g/mol. The van der Waals surface area contributed by atoms with Gasteiger partial charge in [-0.15, -0.1) is 0 Å². The second kappa shape index (κ2) is 15.8. The van der Waals surface area contributed by atoms with Crippen molar-refractivity contribution in [3.63, 3.8) is 0 Å². The van der Waals surface area contributed by atoms with Gasteiger partial charge >= 0.3 is 11.9 Å². The van der Waals surface area contributed by atoms with Gasteiger partial charge in [0.25, 0.3) is 0 Å². The third-order valence-corrected chi connectivity index (χ3v) is 6.16. The van der Waals surface area contributed by atoms with Gasteiger partial charge in [-0.2, -0.15) is 0 Å². The van der Waals surface area contributed by atoms with Crippen molar-refractivity contribution < 1.29 is 28.5 Å². The second-order valence-corrected chi connectivity index (χ2v) is 9.19. The van der Waals surface area contributed by atoms with Gasteiger partial charge in [0.1, 0.15) is 11.5 Å². The highest BCUT2D eigenvalue weighted by Gasteiger charge is 2.10. The molecule has 8 heteroatoms. The van der Waals surface area contributed by atoms with Crippen molar-refractivity contribution in [1.82, 2.24) is 4.90 Å². The van der Waals surface area contributed by atoms with Gasteiger partial charge in [-0.25, -0.2) is 4.79 Å². The third-order valence-electron chi connectivity index (χ3n) is 5.91. The number of unbranched alkanes of at least 4 members (excludes halogenated alkanes) is 1. The fourth-order valence-electron chi connectivity index (χ4n) is 3.78. The van der Waals surface area contributed by atoms with Gasteiger partial charge in [-0.1, -0.05) is 35.9 Å². The van der Waals surface area contributed by atoms with Gasteiger partial charge in [-0.05, 0) is 79.0 Å². The van der Waals surface area contributed by atoms with Crippen molar-refractivity contribution in [2.24, 2.45) is 0 Å². The molecule has 0 aromatic heterocycles. The molecule has 0 aliphatic heterocycles. The van der Waals surface area contributed by atoms with E-state index in [0.717, 1.165) is 48.6 Å². The summed E-state index contributed by atoms with van der Waals surface area (Å²) in [5.41, 5.74) is 2.66. The van der Waals surface area contributed by atoms with Gasteiger partial charge in [0, 0.05) is 24.5 Å². The van der Waals surface area contributed by atoms with Crippen molar-refractivity contribution in [3.8, 4) is 11.5 Å². The van der Waals surface area contributed by atoms with Crippen LogP contribution in [-0.2, 0) is 32.2 Å². The zero-order valence-electron chi connectivity index (χ0n) is 21.9. The lowest BCUT2D eigenvalue weighted by molar-refractivity contribution is -0.140. The maximum absolute atomic E-state index is 11.7. The molecule has 7 nitrogen and oxygen atoms in total. The summed E-state index contributed by atoms with van der Waals surface area (Å²) >= 11 is 5.92. The summed E-state index contributed by atoms with van der Waals surface area (Å²) in [4.78, 5) is 25.4. The lowest BCUT2D eigenvalue weighted by atomic mass is 10.1. The van der Waals surface area contributed by atoms with Gasteiger partial charge in [0.05, 0.1) is 33.0 Å². The van der Waals surface area contributed by atoms with E-state index < -0.39 is 0 Å². The van der Waals surface area contributed by atoms with Crippen LogP contribution >= 0.6 is 11.6 Å². The first kappa shape index (κ1) is 29.2. The van der Waals surface area contributed by atoms with Crippen LogP contribution in [0.3, 0.4) is 0 Å². The van der Waals surface area contributed by atoms with Crippen LogP contribution in [0.2, 0.25) is 5.02 Å². The molecule has 0 N–H and O–H groups in total. The number of methoxy groups -OCH3 is 2.